The lowest BCUT2D eigenvalue weighted by atomic mass is 10.3. The van der Waals surface area contributed by atoms with Crippen LogP contribution in [0, 0.1) is 0 Å². The molecule has 0 atom stereocenters. The highest BCUT2D eigenvalue weighted by Gasteiger charge is 2.21. The van der Waals surface area contributed by atoms with Crippen molar-refractivity contribution in [1.29, 1.82) is 0 Å². The number of hydrogen-bond acceptors (Lipinski definition) is 4. The third kappa shape index (κ3) is 4.60. The zero-order valence-electron chi connectivity index (χ0n) is 12.3. The maximum atomic E-state index is 12.0. The van der Waals surface area contributed by atoms with E-state index in [2.05, 4.69) is 10.6 Å². The van der Waals surface area contributed by atoms with Gasteiger partial charge in [0.15, 0.2) is 9.84 Å². The van der Waals surface area contributed by atoms with Gasteiger partial charge >= 0.3 is 6.03 Å². The van der Waals surface area contributed by atoms with Crippen LogP contribution in [-0.4, -0.2) is 19.7 Å². The minimum absolute atomic E-state index is 0.193. The van der Waals surface area contributed by atoms with Gasteiger partial charge in [-0.15, -0.1) is 11.3 Å². The minimum atomic E-state index is -3.36. The molecule has 2 aromatic rings. The molecular weight excluding hydrogens is 379 g/mol. The maximum Gasteiger partial charge on any atom is 0.324 e. The molecule has 23 heavy (non-hydrogen) atoms. The van der Waals surface area contributed by atoms with E-state index in [0.717, 1.165) is 11.3 Å². The maximum absolute atomic E-state index is 12.0. The van der Waals surface area contributed by atoms with Crippen molar-refractivity contribution in [2.45, 2.75) is 24.0 Å². The van der Waals surface area contributed by atoms with Crippen molar-refractivity contribution >= 4 is 61.1 Å². The number of anilines is 2. The van der Waals surface area contributed by atoms with Crippen LogP contribution in [0.5, 0.6) is 0 Å². The van der Waals surface area contributed by atoms with Gasteiger partial charge in [-0.05, 0) is 38.1 Å². The molecule has 5 nitrogen and oxygen atoms in total. The normalized spacial score (nSPS) is 11.5. The highest BCUT2D eigenvalue weighted by Crippen LogP contribution is 2.27. The third-order valence-electron chi connectivity index (χ3n) is 2.88. The number of benzene rings is 1. The van der Waals surface area contributed by atoms with E-state index in [4.69, 9.17) is 23.2 Å². The van der Waals surface area contributed by atoms with Gasteiger partial charge in [0, 0.05) is 21.1 Å². The second-order valence-corrected chi connectivity index (χ2v) is 9.27. The summed E-state index contributed by atoms with van der Waals surface area (Å²) in [6, 6.07) is 5.57. The number of carbonyl (C=O) groups excluding carboxylic acids is 1. The second-order valence-electron chi connectivity index (χ2n) is 4.98. The lowest BCUT2D eigenvalue weighted by Crippen LogP contribution is -2.18. The first-order chi connectivity index (χ1) is 10.7. The third-order valence-corrected chi connectivity index (χ3v) is 6.45. The first-order valence-electron chi connectivity index (χ1n) is 6.55. The summed E-state index contributed by atoms with van der Waals surface area (Å²) < 4.78 is 24.1. The Labute approximate surface area is 148 Å². The Morgan fingerprint density at radius 1 is 1.09 bits per heavy atom. The van der Waals surface area contributed by atoms with Crippen LogP contribution in [-0.2, 0) is 9.84 Å². The summed E-state index contributed by atoms with van der Waals surface area (Å²) in [4.78, 5) is 12.1. The summed E-state index contributed by atoms with van der Waals surface area (Å²) in [5.74, 6) is 0. The van der Waals surface area contributed by atoms with Crippen molar-refractivity contribution in [3.8, 4) is 0 Å². The topological polar surface area (TPSA) is 75.3 Å². The summed E-state index contributed by atoms with van der Waals surface area (Å²) in [5.41, 5.74) is 0.437. The van der Waals surface area contributed by atoms with Crippen LogP contribution in [0.1, 0.15) is 13.8 Å². The Morgan fingerprint density at radius 3 is 2.26 bits per heavy atom. The van der Waals surface area contributed by atoms with E-state index in [1.807, 2.05) is 0 Å². The van der Waals surface area contributed by atoms with Crippen LogP contribution in [0.3, 0.4) is 0 Å². The van der Waals surface area contributed by atoms with Crippen LogP contribution in [0.2, 0.25) is 10.0 Å². The van der Waals surface area contributed by atoms with E-state index >= 15 is 0 Å². The molecule has 0 saturated heterocycles. The average molecular weight is 393 g/mol. The Hall–Kier alpha value is -1.28. The van der Waals surface area contributed by atoms with Gasteiger partial charge in [-0.2, -0.15) is 0 Å². The molecule has 124 valence electrons. The summed E-state index contributed by atoms with van der Waals surface area (Å²) in [6.45, 7) is 3.21. The number of sulfone groups is 1. The quantitative estimate of drug-likeness (QED) is 0.777. The monoisotopic (exact) mass is 392 g/mol. The van der Waals surface area contributed by atoms with E-state index in [-0.39, 0.29) is 4.90 Å². The second kappa shape index (κ2) is 7.09. The molecule has 2 rings (SSSR count). The fraction of sp³-hybridized carbons (Fsp3) is 0.214. The SMILES string of the molecule is CC(C)S(=O)(=O)c1csc(NC(=O)Nc2cc(Cl)cc(Cl)c2)c1. The van der Waals surface area contributed by atoms with E-state index in [1.165, 1.54) is 11.4 Å². The predicted octanol–water partition coefficient (Wildman–Crippen LogP) is 4.88. The van der Waals surface area contributed by atoms with E-state index in [1.54, 1.807) is 32.0 Å². The van der Waals surface area contributed by atoms with Crippen LogP contribution in [0.15, 0.2) is 34.5 Å². The Bertz CT molecular complexity index is 812. The molecule has 1 aromatic carbocycles. The van der Waals surface area contributed by atoms with Gasteiger partial charge in [-0.25, -0.2) is 13.2 Å². The van der Waals surface area contributed by atoms with Crippen molar-refractivity contribution < 1.29 is 13.2 Å². The summed E-state index contributed by atoms with van der Waals surface area (Å²) in [7, 11) is -3.36. The zero-order chi connectivity index (χ0) is 17.2. The highest BCUT2D eigenvalue weighted by molar-refractivity contribution is 7.92. The van der Waals surface area contributed by atoms with Crippen molar-refractivity contribution in [2.75, 3.05) is 10.6 Å². The minimum Gasteiger partial charge on any atom is -0.308 e. The molecule has 1 heterocycles. The van der Waals surface area contributed by atoms with Gasteiger partial charge in [0.2, 0.25) is 0 Å². The van der Waals surface area contributed by atoms with Gasteiger partial charge in [0.05, 0.1) is 15.1 Å². The van der Waals surface area contributed by atoms with Gasteiger partial charge in [-0.3, -0.25) is 5.32 Å². The Morgan fingerprint density at radius 2 is 1.70 bits per heavy atom. The first kappa shape index (κ1) is 18.1. The van der Waals surface area contributed by atoms with Gasteiger partial charge in [-0.1, -0.05) is 23.2 Å². The van der Waals surface area contributed by atoms with Crippen LogP contribution >= 0.6 is 34.5 Å². The van der Waals surface area contributed by atoms with Crippen LogP contribution in [0.4, 0.5) is 15.5 Å². The largest absolute Gasteiger partial charge is 0.324 e. The van der Waals surface area contributed by atoms with E-state index in [9.17, 15) is 13.2 Å². The number of nitrogens with one attached hydrogen (secondary N) is 2. The molecule has 9 heteroatoms. The van der Waals surface area contributed by atoms with Gasteiger partial charge < -0.3 is 5.32 Å². The predicted molar refractivity (Wildman–Crippen MR) is 95.7 cm³/mol. The molecule has 0 aliphatic rings. The summed E-state index contributed by atoms with van der Waals surface area (Å²) in [5, 5.41) is 7.36. The fourth-order valence-corrected chi connectivity index (χ4v) is 4.47. The molecule has 0 aliphatic carbocycles. The van der Waals surface area contributed by atoms with Crippen LogP contribution < -0.4 is 10.6 Å². The molecule has 0 spiro atoms. The van der Waals surface area contributed by atoms with Crippen molar-refractivity contribution in [2.24, 2.45) is 0 Å². The van der Waals surface area contributed by atoms with Crippen molar-refractivity contribution in [3.63, 3.8) is 0 Å². The fourth-order valence-electron chi connectivity index (χ4n) is 1.71. The molecule has 2 amide bonds. The summed E-state index contributed by atoms with van der Waals surface area (Å²) >= 11 is 12.8. The van der Waals surface area contributed by atoms with E-state index < -0.39 is 21.1 Å². The highest BCUT2D eigenvalue weighted by atomic mass is 35.5. The number of thiophene rings is 1. The molecule has 0 radical (unpaired) electrons. The molecule has 0 bridgehead atoms. The Balaban J connectivity index is 2.08. The smallest absolute Gasteiger partial charge is 0.308 e. The molecule has 1 aromatic heterocycles. The number of rotatable bonds is 4. The lowest BCUT2D eigenvalue weighted by Gasteiger charge is -2.07. The average Bonchev–Trinajstić information content (AvgIpc) is 2.85. The van der Waals surface area contributed by atoms with Gasteiger partial charge in [0.25, 0.3) is 0 Å². The standard InChI is InChI=1S/C14H14Cl2N2O3S2/c1-8(2)23(20,21)12-6-13(22-7-12)18-14(19)17-11-4-9(15)3-10(16)5-11/h3-8H,1-2H3,(H2,17,18,19). The van der Waals surface area contributed by atoms with Crippen LogP contribution in [0.25, 0.3) is 0 Å². The number of amides is 2. The van der Waals surface area contributed by atoms with Crippen molar-refractivity contribution in [3.05, 3.63) is 39.7 Å². The molecule has 0 saturated carbocycles. The number of hydrogen-bond donors (Lipinski definition) is 2. The molecule has 0 aliphatic heterocycles. The van der Waals surface area contributed by atoms with Gasteiger partial charge in [0.1, 0.15) is 0 Å². The molecule has 0 unspecified atom stereocenters. The molecular formula is C14H14Cl2N2O3S2. The summed E-state index contributed by atoms with van der Waals surface area (Å²) in [6.07, 6.45) is 0. The molecule has 2 N–H and O–H groups in total. The van der Waals surface area contributed by atoms with E-state index in [0.29, 0.717) is 20.7 Å². The first-order valence-corrected chi connectivity index (χ1v) is 9.73. The Kier molecular flexibility index (Phi) is 5.57. The number of halogens is 2. The number of carbonyl (C=O) groups is 1. The molecule has 0 fully saturated rings. The number of urea groups is 1. The lowest BCUT2D eigenvalue weighted by molar-refractivity contribution is 0.262. The zero-order valence-corrected chi connectivity index (χ0v) is 15.4. The van der Waals surface area contributed by atoms with Crippen molar-refractivity contribution in [1.82, 2.24) is 0 Å².